The molecule has 0 heterocycles. The van der Waals surface area contributed by atoms with Crippen molar-refractivity contribution >= 4 is 40.9 Å². The van der Waals surface area contributed by atoms with Crippen LogP contribution in [0.1, 0.15) is 23.7 Å². The summed E-state index contributed by atoms with van der Waals surface area (Å²) in [6.07, 6.45) is 5.51. The van der Waals surface area contributed by atoms with Crippen molar-refractivity contribution in [3.05, 3.63) is 27.7 Å². The molecule has 1 aromatic rings. The van der Waals surface area contributed by atoms with Crippen molar-refractivity contribution in [2.75, 3.05) is 5.32 Å². The van der Waals surface area contributed by atoms with Gasteiger partial charge in [-0.2, -0.15) is 0 Å². The van der Waals surface area contributed by atoms with Crippen LogP contribution in [-0.2, 0) is 0 Å². The second-order valence-corrected chi connectivity index (χ2v) is 4.84. The molecule has 1 aromatic carbocycles. The predicted molar refractivity (Wildman–Crippen MR) is 78.5 cm³/mol. The van der Waals surface area contributed by atoms with E-state index in [1.165, 1.54) is 12.1 Å². The van der Waals surface area contributed by atoms with Gasteiger partial charge in [-0.3, -0.25) is 0 Å². The second-order valence-electron chi connectivity index (χ2n) is 4.03. The van der Waals surface area contributed by atoms with Gasteiger partial charge >= 0.3 is 12.0 Å². The molecule has 1 atom stereocenters. The molecular formula is C13H12Cl2N2O3. The Hall–Kier alpha value is -1.90. The van der Waals surface area contributed by atoms with E-state index >= 15 is 0 Å². The summed E-state index contributed by atoms with van der Waals surface area (Å²) in [6.45, 7) is 1.75. The molecule has 0 saturated heterocycles. The van der Waals surface area contributed by atoms with E-state index in [4.69, 9.17) is 34.7 Å². The van der Waals surface area contributed by atoms with Gasteiger partial charge in [0.15, 0.2) is 0 Å². The van der Waals surface area contributed by atoms with Gasteiger partial charge in [-0.1, -0.05) is 23.2 Å². The third-order valence-corrected chi connectivity index (χ3v) is 2.93. The van der Waals surface area contributed by atoms with E-state index in [0.717, 1.165) is 0 Å². The maximum atomic E-state index is 11.7. The highest BCUT2D eigenvalue weighted by Gasteiger charge is 2.15. The van der Waals surface area contributed by atoms with E-state index in [0.29, 0.717) is 6.42 Å². The summed E-state index contributed by atoms with van der Waals surface area (Å²) in [4.78, 5) is 22.5. The van der Waals surface area contributed by atoms with Crippen LogP contribution in [0.15, 0.2) is 12.1 Å². The maximum absolute atomic E-state index is 11.7. The second kappa shape index (κ2) is 7.04. The van der Waals surface area contributed by atoms with Gasteiger partial charge in [0.05, 0.1) is 21.3 Å². The Morgan fingerprint density at radius 3 is 2.40 bits per heavy atom. The lowest BCUT2D eigenvalue weighted by molar-refractivity contribution is 0.0697. The topological polar surface area (TPSA) is 78.4 Å². The number of carbonyl (C=O) groups excluding carboxylic acids is 1. The van der Waals surface area contributed by atoms with Crippen molar-refractivity contribution in [1.82, 2.24) is 5.32 Å². The number of urea groups is 1. The predicted octanol–water partition coefficient (Wildman–Crippen LogP) is 3.22. The van der Waals surface area contributed by atoms with Gasteiger partial charge in [0.1, 0.15) is 0 Å². The summed E-state index contributed by atoms with van der Waals surface area (Å²) in [6, 6.07) is 1.67. The molecule has 0 spiro atoms. The van der Waals surface area contributed by atoms with Crippen molar-refractivity contribution in [2.45, 2.75) is 19.4 Å². The van der Waals surface area contributed by atoms with Gasteiger partial charge in [-0.15, -0.1) is 12.3 Å². The Morgan fingerprint density at radius 2 is 1.95 bits per heavy atom. The largest absolute Gasteiger partial charge is 0.478 e. The molecule has 20 heavy (non-hydrogen) atoms. The van der Waals surface area contributed by atoms with Crippen LogP contribution >= 0.6 is 23.2 Å². The number of carbonyl (C=O) groups is 2. The van der Waals surface area contributed by atoms with Gasteiger partial charge in [0.25, 0.3) is 0 Å². The number of benzene rings is 1. The summed E-state index contributed by atoms with van der Waals surface area (Å²) in [5, 5.41) is 14.0. The van der Waals surface area contributed by atoms with Gasteiger partial charge in [-0.25, -0.2) is 9.59 Å². The van der Waals surface area contributed by atoms with Crippen LogP contribution < -0.4 is 10.6 Å². The van der Waals surface area contributed by atoms with Crippen molar-refractivity contribution in [3.8, 4) is 12.3 Å². The minimum absolute atomic E-state index is 0.0367. The van der Waals surface area contributed by atoms with Crippen LogP contribution in [-0.4, -0.2) is 23.1 Å². The molecule has 1 rings (SSSR count). The zero-order valence-electron chi connectivity index (χ0n) is 10.5. The fourth-order valence-corrected chi connectivity index (χ4v) is 2.00. The Bertz CT molecular complexity index is 558. The first kappa shape index (κ1) is 16.2. The summed E-state index contributed by atoms with van der Waals surface area (Å²) >= 11 is 11.8. The van der Waals surface area contributed by atoms with Crippen molar-refractivity contribution in [3.63, 3.8) is 0 Å². The van der Waals surface area contributed by atoms with Crippen LogP contribution in [0.5, 0.6) is 0 Å². The molecule has 0 aliphatic heterocycles. The number of rotatable bonds is 4. The van der Waals surface area contributed by atoms with Crippen molar-refractivity contribution in [1.29, 1.82) is 0 Å². The Morgan fingerprint density at radius 1 is 1.40 bits per heavy atom. The number of nitrogens with one attached hydrogen (secondary N) is 2. The number of carboxylic acids is 1. The molecule has 0 fully saturated rings. The van der Waals surface area contributed by atoms with Crippen molar-refractivity contribution < 1.29 is 14.7 Å². The molecule has 0 aromatic heterocycles. The molecule has 1 unspecified atom stereocenters. The van der Waals surface area contributed by atoms with Crippen LogP contribution in [0.25, 0.3) is 0 Å². The Labute approximate surface area is 126 Å². The Balaban J connectivity index is 2.86. The smallest absolute Gasteiger partial charge is 0.335 e. The normalized spacial score (nSPS) is 11.3. The summed E-state index contributed by atoms with van der Waals surface area (Å²) in [7, 11) is 0. The lowest BCUT2D eigenvalue weighted by atomic mass is 10.2. The molecule has 0 radical (unpaired) electrons. The number of aromatic carboxylic acids is 1. The highest BCUT2D eigenvalue weighted by atomic mass is 35.5. The lowest BCUT2D eigenvalue weighted by Crippen LogP contribution is -2.36. The molecule has 7 heteroatoms. The van der Waals surface area contributed by atoms with E-state index in [-0.39, 0.29) is 27.3 Å². The van der Waals surface area contributed by atoms with Crippen LogP contribution in [0, 0.1) is 12.3 Å². The van der Waals surface area contributed by atoms with Gasteiger partial charge in [0, 0.05) is 12.5 Å². The summed E-state index contributed by atoms with van der Waals surface area (Å²) < 4.78 is 0. The third-order valence-electron chi connectivity index (χ3n) is 2.33. The summed E-state index contributed by atoms with van der Waals surface area (Å²) in [5.41, 5.74) is 0.0791. The maximum Gasteiger partial charge on any atom is 0.335 e. The van der Waals surface area contributed by atoms with E-state index < -0.39 is 12.0 Å². The fourth-order valence-electron chi connectivity index (χ4n) is 1.42. The lowest BCUT2D eigenvalue weighted by Gasteiger charge is -2.14. The minimum atomic E-state index is -1.16. The zero-order valence-corrected chi connectivity index (χ0v) is 12.0. The van der Waals surface area contributed by atoms with E-state index in [2.05, 4.69) is 16.6 Å². The van der Waals surface area contributed by atoms with Crippen molar-refractivity contribution in [2.24, 2.45) is 0 Å². The number of carboxylic acid groups (broad SMARTS) is 1. The first-order chi connectivity index (χ1) is 9.35. The van der Waals surface area contributed by atoms with Crippen LogP contribution in [0.2, 0.25) is 10.0 Å². The monoisotopic (exact) mass is 314 g/mol. The Kier molecular flexibility index (Phi) is 5.68. The van der Waals surface area contributed by atoms with E-state index in [1.807, 2.05) is 0 Å². The highest BCUT2D eigenvalue weighted by Crippen LogP contribution is 2.31. The first-order valence-electron chi connectivity index (χ1n) is 5.58. The molecule has 0 aliphatic rings. The van der Waals surface area contributed by atoms with Gasteiger partial charge in [0.2, 0.25) is 0 Å². The number of amides is 2. The fraction of sp³-hybridized carbons (Fsp3) is 0.231. The first-order valence-corrected chi connectivity index (χ1v) is 6.34. The number of hydrogen-bond donors (Lipinski definition) is 3. The molecule has 2 amide bonds. The highest BCUT2D eigenvalue weighted by molar-refractivity contribution is 6.40. The van der Waals surface area contributed by atoms with Gasteiger partial charge in [-0.05, 0) is 19.1 Å². The molecule has 0 bridgehead atoms. The number of terminal acetylenes is 1. The average Bonchev–Trinajstić information content (AvgIpc) is 2.33. The number of anilines is 1. The van der Waals surface area contributed by atoms with E-state index in [9.17, 15) is 9.59 Å². The molecule has 3 N–H and O–H groups in total. The standard InChI is InChI=1S/C13H12Cl2N2O3/c1-3-4-7(2)16-13(20)17-11-9(14)5-8(12(18)19)6-10(11)15/h1,5-7H,4H2,2H3,(H,18,19)(H2,16,17,20). The van der Waals surface area contributed by atoms with E-state index in [1.54, 1.807) is 6.92 Å². The van der Waals surface area contributed by atoms with Crippen LogP contribution in [0.4, 0.5) is 10.5 Å². The SMILES string of the molecule is C#CCC(C)NC(=O)Nc1c(Cl)cc(C(=O)O)cc1Cl. The quantitative estimate of drug-likeness (QED) is 0.747. The van der Waals surface area contributed by atoms with Gasteiger partial charge < -0.3 is 15.7 Å². The van der Waals surface area contributed by atoms with Crippen LogP contribution in [0.3, 0.4) is 0 Å². The third kappa shape index (κ3) is 4.34. The minimum Gasteiger partial charge on any atom is -0.478 e. The zero-order chi connectivity index (χ0) is 15.3. The number of hydrogen-bond acceptors (Lipinski definition) is 2. The molecule has 5 nitrogen and oxygen atoms in total. The molecular weight excluding hydrogens is 303 g/mol. The molecule has 106 valence electrons. The average molecular weight is 315 g/mol. The summed E-state index contributed by atoms with van der Waals surface area (Å²) in [5.74, 6) is 1.26. The number of halogens is 2. The molecule has 0 aliphatic carbocycles. The molecule has 0 saturated carbocycles.